The molecule has 0 aliphatic heterocycles. The first-order valence-electron chi connectivity index (χ1n) is 10.9. The number of rotatable bonds is 8. The summed E-state index contributed by atoms with van der Waals surface area (Å²) in [7, 11) is 1.71. The molecule has 2 rings (SSSR count). The average molecular weight is 442 g/mol. The number of hydrogen-bond donors (Lipinski definition) is 0. The first kappa shape index (κ1) is 25.2. The van der Waals surface area contributed by atoms with Gasteiger partial charge in [0, 0.05) is 30.9 Å². The van der Waals surface area contributed by atoms with Gasteiger partial charge in [0.15, 0.2) is 5.76 Å². The highest BCUT2D eigenvalue weighted by atomic mass is 16.8. The second kappa shape index (κ2) is 11.0. The van der Waals surface area contributed by atoms with Crippen LogP contribution in [0.5, 0.6) is 0 Å². The van der Waals surface area contributed by atoms with Gasteiger partial charge < -0.3 is 14.2 Å². The number of carbonyl (C=O) groups is 1. The smallest absolute Gasteiger partial charge is 0.454 e. The number of benzene rings is 1. The third-order valence-electron chi connectivity index (χ3n) is 5.15. The molecule has 32 heavy (non-hydrogen) atoms. The van der Waals surface area contributed by atoms with Crippen LogP contribution in [0.3, 0.4) is 0 Å². The van der Waals surface area contributed by atoms with E-state index in [0.717, 1.165) is 28.1 Å². The van der Waals surface area contributed by atoms with E-state index in [2.05, 4.69) is 55.1 Å². The predicted molar refractivity (Wildman–Crippen MR) is 128 cm³/mol. The van der Waals surface area contributed by atoms with Gasteiger partial charge in [0.2, 0.25) is 6.79 Å². The number of hydrogen-bond acceptors (Lipinski definition) is 6. The van der Waals surface area contributed by atoms with Gasteiger partial charge in [0.05, 0.1) is 12.3 Å². The van der Waals surface area contributed by atoms with Crippen molar-refractivity contribution in [1.29, 1.82) is 0 Å². The van der Waals surface area contributed by atoms with E-state index < -0.39 is 6.16 Å². The van der Waals surface area contributed by atoms with Gasteiger partial charge in [-0.15, -0.1) is 0 Å². The summed E-state index contributed by atoms with van der Waals surface area (Å²) in [5, 5.41) is 4.63. The lowest BCUT2D eigenvalue weighted by molar-refractivity contribution is -0.00370. The van der Waals surface area contributed by atoms with Crippen molar-refractivity contribution >= 4 is 23.7 Å². The molecular formula is C25H35N3O4. The van der Waals surface area contributed by atoms with E-state index in [1.165, 1.54) is 5.56 Å². The minimum atomic E-state index is -0.774. The Kier molecular flexibility index (Phi) is 8.63. The maximum absolute atomic E-state index is 11.7. The standard InChI is InChI=1S/C25H35N3O4/c1-9-28-22(17(3)18(4)27-28)23(31-16-32-24(29)30-10-2)21(15-26-8)19-11-13-20(14-12-19)25(5,6)7/h11-15H,9-10,16H2,1-8H3/b23-21-,26-15?. The highest BCUT2D eigenvalue weighted by Gasteiger charge is 2.22. The van der Waals surface area contributed by atoms with Crippen molar-refractivity contribution < 1.29 is 19.0 Å². The van der Waals surface area contributed by atoms with Gasteiger partial charge >= 0.3 is 6.16 Å². The van der Waals surface area contributed by atoms with Crippen LogP contribution in [-0.4, -0.2) is 42.6 Å². The number of aryl methyl sites for hydroxylation is 2. The molecule has 0 atom stereocenters. The molecule has 1 aromatic heterocycles. The number of ether oxygens (including phenoxy) is 3. The molecule has 7 heteroatoms. The van der Waals surface area contributed by atoms with Crippen molar-refractivity contribution in [2.75, 3.05) is 20.4 Å². The highest BCUT2D eigenvalue weighted by Crippen LogP contribution is 2.31. The summed E-state index contributed by atoms with van der Waals surface area (Å²) < 4.78 is 17.9. The molecule has 0 aliphatic rings. The Morgan fingerprint density at radius 2 is 1.75 bits per heavy atom. The van der Waals surface area contributed by atoms with Crippen molar-refractivity contribution in [3.8, 4) is 0 Å². The molecule has 0 saturated carbocycles. The second-order valence-corrected chi connectivity index (χ2v) is 8.42. The Labute approximate surface area is 191 Å². The van der Waals surface area contributed by atoms with E-state index in [1.807, 2.05) is 25.5 Å². The maximum atomic E-state index is 11.7. The summed E-state index contributed by atoms with van der Waals surface area (Å²) in [5.41, 5.74) is 5.72. The van der Waals surface area contributed by atoms with E-state index in [-0.39, 0.29) is 18.8 Å². The van der Waals surface area contributed by atoms with E-state index in [1.54, 1.807) is 20.2 Å². The first-order valence-corrected chi connectivity index (χ1v) is 10.9. The number of aromatic nitrogens is 2. The van der Waals surface area contributed by atoms with Gasteiger partial charge in [0.1, 0.15) is 5.69 Å². The second-order valence-electron chi connectivity index (χ2n) is 8.42. The molecule has 0 saturated heterocycles. The molecule has 1 aromatic carbocycles. The van der Waals surface area contributed by atoms with Crippen molar-refractivity contribution in [2.45, 2.75) is 60.4 Å². The number of allylic oxidation sites excluding steroid dienone is 1. The van der Waals surface area contributed by atoms with Gasteiger partial charge in [-0.25, -0.2) is 4.79 Å². The normalized spacial score (nSPS) is 12.6. The Balaban J connectivity index is 2.62. The van der Waals surface area contributed by atoms with Gasteiger partial charge in [-0.3, -0.25) is 9.67 Å². The minimum Gasteiger partial charge on any atom is -0.454 e. The lowest BCUT2D eigenvalue weighted by Gasteiger charge is -2.20. The molecule has 0 radical (unpaired) electrons. The van der Waals surface area contributed by atoms with Crippen molar-refractivity contribution in [3.63, 3.8) is 0 Å². The van der Waals surface area contributed by atoms with Crippen LogP contribution in [0, 0.1) is 13.8 Å². The molecular weight excluding hydrogens is 406 g/mol. The summed E-state index contributed by atoms with van der Waals surface area (Å²) in [6, 6.07) is 8.34. The summed E-state index contributed by atoms with van der Waals surface area (Å²) in [4.78, 5) is 15.9. The van der Waals surface area contributed by atoms with E-state index in [9.17, 15) is 4.79 Å². The number of carbonyl (C=O) groups excluding carboxylic acids is 1. The lowest BCUT2D eigenvalue weighted by Crippen LogP contribution is -2.13. The predicted octanol–water partition coefficient (Wildman–Crippen LogP) is 5.53. The zero-order valence-electron chi connectivity index (χ0n) is 20.5. The average Bonchev–Trinajstić information content (AvgIpc) is 3.03. The summed E-state index contributed by atoms with van der Waals surface area (Å²) in [6.07, 6.45) is 0.983. The molecule has 0 fully saturated rings. The van der Waals surface area contributed by atoms with Crippen LogP contribution in [0.4, 0.5) is 4.79 Å². The molecule has 0 aliphatic carbocycles. The first-order chi connectivity index (χ1) is 15.1. The molecule has 1 heterocycles. The fourth-order valence-electron chi connectivity index (χ4n) is 3.30. The summed E-state index contributed by atoms with van der Waals surface area (Å²) in [6.45, 7) is 14.9. The Morgan fingerprint density at radius 3 is 2.28 bits per heavy atom. The fourth-order valence-corrected chi connectivity index (χ4v) is 3.30. The van der Waals surface area contributed by atoms with Crippen LogP contribution in [0.25, 0.3) is 11.3 Å². The molecule has 174 valence electrons. The Hall–Kier alpha value is -3.09. The van der Waals surface area contributed by atoms with E-state index in [0.29, 0.717) is 12.3 Å². The summed E-state index contributed by atoms with van der Waals surface area (Å²) >= 11 is 0. The van der Waals surface area contributed by atoms with Crippen molar-refractivity contribution in [2.24, 2.45) is 4.99 Å². The molecule has 7 nitrogen and oxygen atoms in total. The molecule has 0 bridgehead atoms. The fraction of sp³-hybridized carbons (Fsp3) is 0.480. The molecule has 2 aromatic rings. The van der Waals surface area contributed by atoms with Crippen molar-refractivity contribution in [3.05, 3.63) is 52.3 Å². The van der Waals surface area contributed by atoms with Crippen LogP contribution in [0.1, 0.15) is 62.7 Å². The zero-order chi connectivity index (χ0) is 23.9. The monoisotopic (exact) mass is 441 g/mol. The number of aliphatic imine (C=N–C) groups is 1. The third-order valence-corrected chi connectivity index (χ3v) is 5.15. The van der Waals surface area contributed by atoms with Crippen LogP contribution in [0.15, 0.2) is 29.3 Å². The van der Waals surface area contributed by atoms with Crippen LogP contribution in [-0.2, 0) is 26.2 Å². The molecule has 0 unspecified atom stereocenters. The zero-order valence-corrected chi connectivity index (χ0v) is 20.5. The van der Waals surface area contributed by atoms with E-state index in [4.69, 9.17) is 14.2 Å². The van der Waals surface area contributed by atoms with E-state index >= 15 is 0 Å². The quantitative estimate of drug-likeness (QED) is 0.233. The molecule has 0 spiro atoms. The van der Waals surface area contributed by atoms with Crippen LogP contribution in [0.2, 0.25) is 0 Å². The third kappa shape index (κ3) is 5.99. The Bertz CT molecular complexity index is 980. The number of nitrogens with zero attached hydrogens (tertiary/aromatic N) is 3. The topological polar surface area (TPSA) is 74.9 Å². The highest BCUT2D eigenvalue weighted by molar-refractivity contribution is 6.18. The maximum Gasteiger partial charge on any atom is 0.511 e. The largest absolute Gasteiger partial charge is 0.511 e. The Morgan fingerprint density at radius 1 is 1.09 bits per heavy atom. The summed E-state index contributed by atoms with van der Waals surface area (Å²) in [5.74, 6) is 0.545. The molecule has 0 amide bonds. The van der Waals surface area contributed by atoms with Crippen molar-refractivity contribution in [1.82, 2.24) is 9.78 Å². The van der Waals surface area contributed by atoms with Gasteiger partial charge in [0.25, 0.3) is 0 Å². The molecule has 0 N–H and O–H groups in total. The minimum absolute atomic E-state index is 0.0442. The van der Waals surface area contributed by atoms with Gasteiger partial charge in [-0.1, -0.05) is 45.0 Å². The van der Waals surface area contributed by atoms with Crippen LogP contribution < -0.4 is 0 Å². The van der Waals surface area contributed by atoms with Gasteiger partial charge in [-0.2, -0.15) is 5.10 Å². The SMILES string of the molecule is CCOC(=O)OCO/C(=C(/C=NC)c1ccc(C(C)(C)C)cc1)c1c(C)c(C)nn1CC. The van der Waals surface area contributed by atoms with Gasteiger partial charge in [-0.05, 0) is 44.2 Å². The van der Waals surface area contributed by atoms with Crippen LogP contribution >= 0.6 is 0 Å². The lowest BCUT2D eigenvalue weighted by atomic mass is 9.86.